The first-order valence-electron chi connectivity index (χ1n) is 11.7. The minimum absolute atomic E-state index is 0.0225. The van der Waals surface area contributed by atoms with Crippen LogP contribution in [0.25, 0.3) is 10.9 Å². The molecule has 1 saturated carbocycles. The molecule has 2 aromatic carbocycles. The number of aromatic nitrogens is 1. The smallest absolute Gasteiger partial charge is 0.341 e. The minimum Gasteiger partial charge on any atom is -0.477 e. The van der Waals surface area contributed by atoms with Gasteiger partial charge in [-0.05, 0) is 44.2 Å². The van der Waals surface area contributed by atoms with Gasteiger partial charge in [-0.2, -0.15) is 0 Å². The number of aliphatic imine (C=N–C) groups is 1. The lowest BCUT2D eigenvalue weighted by atomic mass is 10.1. The van der Waals surface area contributed by atoms with Crippen LogP contribution in [0.2, 0.25) is 5.02 Å². The van der Waals surface area contributed by atoms with Gasteiger partial charge in [0.15, 0.2) is 0 Å². The normalized spacial score (nSPS) is 18.8. The molecule has 3 aromatic rings. The number of hydrogen-bond donors (Lipinski definition) is 1. The molecule has 0 unspecified atom stereocenters. The summed E-state index contributed by atoms with van der Waals surface area (Å²) in [6, 6.07) is 7.31. The number of pyridine rings is 1. The van der Waals surface area contributed by atoms with Gasteiger partial charge in [0.25, 0.3) is 0 Å². The van der Waals surface area contributed by atoms with Crippen molar-refractivity contribution in [2.45, 2.75) is 44.2 Å². The number of carbonyl (C=O) groups is 1. The molecule has 0 spiro atoms. The highest BCUT2D eigenvalue weighted by molar-refractivity contribution is 6.38. The number of benzene rings is 2. The summed E-state index contributed by atoms with van der Waals surface area (Å²) < 4.78 is 31.2. The Morgan fingerprint density at radius 2 is 1.91 bits per heavy atom. The van der Waals surface area contributed by atoms with E-state index in [0.717, 1.165) is 38.2 Å². The van der Waals surface area contributed by atoms with Crippen LogP contribution in [0, 0.1) is 11.6 Å². The summed E-state index contributed by atoms with van der Waals surface area (Å²) in [6.07, 6.45) is 6.93. The fourth-order valence-corrected chi connectivity index (χ4v) is 5.13. The molecule has 2 aliphatic rings. The Hall–Kier alpha value is -3.26. The molecule has 1 aromatic heterocycles. The van der Waals surface area contributed by atoms with E-state index in [1.807, 2.05) is 4.90 Å². The van der Waals surface area contributed by atoms with Crippen LogP contribution in [-0.4, -0.2) is 41.0 Å². The van der Waals surface area contributed by atoms with Crippen LogP contribution in [0.15, 0.2) is 46.3 Å². The van der Waals surface area contributed by atoms with Crippen molar-refractivity contribution in [3.8, 4) is 0 Å². The number of rotatable bonds is 5. The number of hydrogen-bond acceptors (Lipinski definition) is 4. The monoisotopic (exact) mass is 499 g/mol. The highest BCUT2D eigenvalue weighted by Gasteiger charge is 2.31. The van der Waals surface area contributed by atoms with Crippen LogP contribution < -0.4 is 10.3 Å². The van der Waals surface area contributed by atoms with Gasteiger partial charge in [0.05, 0.1) is 27.7 Å². The average Bonchev–Trinajstić information content (AvgIpc) is 3.67. The van der Waals surface area contributed by atoms with Crippen molar-refractivity contribution in [1.29, 1.82) is 0 Å². The topological polar surface area (TPSA) is 74.9 Å². The number of anilines is 1. The summed E-state index contributed by atoms with van der Waals surface area (Å²) in [5, 5.41) is 9.54. The minimum atomic E-state index is -1.35. The lowest BCUT2D eigenvalue weighted by molar-refractivity contribution is 0.0695. The molecule has 1 aliphatic heterocycles. The molecule has 6 nitrogen and oxygen atoms in total. The first-order chi connectivity index (χ1) is 16.8. The predicted molar refractivity (Wildman–Crippen MR) is 132 cm³/mol. The number of fused-ring (bicyclic) bond motifs is 1. The van der Waals surface area contributed by atoms with Gasteiger partial charge in [-0.25, -0.2) is 13.6 Å². The summed E-state index contributed by atoms with van der Waals surface area (Å²) in [7, 11) is 0. The van der Waals surface area contributed by atoms with Crippen molar-refractivity contribution in [3.05, 3.63) is 74.5 Å². The molecule has 182 valence electrons. The van der Waals surface area contributed by atoms with Crippen LogP contribution >= 0.6 is 11.6 Å². The van der Waals surface area contributed by atoms with E-state index in [4.69, 9.17) is 11.6 Å². The van der Waals surface area contributed by atoms with Gasteiger partial charge in [0.2, 0.25) is 5.43 Å². The Balaban J connectivity index is 1.56. The first-order valence-corrected chi connectivity index (χ1v) is 12.1. The zero-order chi connectivity index (χ0) is 24.7. The van der Waals surface area contributed by atoms with Gasteiger partial charge < -0.3 is 14.6 Å². The predicted octanol–water partition coefficient (Wildman–Crippen LogP) is 5.44. The summed E-state index contributed by atoms with van der Waals surface area (Å²) >= 11 is 6.78. The highest BCUT2D eigenvalue weighted by Crippen LogP contribution is 2.42. The SMILES string of the molecule is O=C(O)c1cn(C2CC2)c2c(Cl)c(N3CCCC[C@@H](N=Cc4ccccc4F)C3)c(F)cc2c1=O. The van der Waals surface area contributed by atoms with Crippen molar-refractivity contribution < 1.29 is 18.7 Å². The van der Waals surface area contributed by atoms with Crippen molar-refractivity contribution in [2.75, 3.05) is 18.0 Å². The van der Waals surface area contributed by atoms with E-state index in [1.165, 1.54) is 18.5 Å². The quantitative estimate of drug-likeness (QED) is 0.474. The molecule has 35 heavy (non-hydrogen) atoms. The van der Waals surface area contributed by atoms with E-state index in [1.54, 1.807) is 22.8 Å². The Morgan fingerprint density at radius 1 is 1.14 bits per heavy atom. The highest BCUT2D eigenvalue weighted by atomic mass is 35.5. The van der Waals surface area contributed by atoms with Gasteiger partial charge in [0, 0.05) is 37.1 Å². The summed E-state index contributed by atoms with van der Waals surface area (Å²) in [6.45, 7) is 0.933. The molecule has 9 heteroatoms. The Kier molecular flexibility index (Phi) is 6.32. The van der Waals surface area contributed by atoms with E-state index >= 15 is 4.39 Å². The van der Waals surface area contributed by atoms with Crippen LogP contribution in [0.1, 0.15) is 54.1 Å². The van der Waals surface area contributed by atoms with Crippen molar-refractivity contribution in [1.82, 2.24) is 4.57 Å². The van der Waals surface area contributed by atoms with Crippen LogP contribution in [0.3, 0.4) is 0 Å². The van der Waals surface area contributed by atoms with Crippen LogP contribution in [-0.2, 0) is 0 Å². The second-order valence-corrected chi connectivity index (χ2v) is 9.51. The van der Waals surface area contributed by atoms with Crippen molar-refractivity contribution >= 4 is 40.4 Å². The van der Waals surface area contributed by atoms with Crippen LogP contribution in [0.4, 0.5) is 14.5 Å². The fourth-order valence-electron chi connectivity index (χ4n) is 4.72. The fraction of sp³-hybridized carbons (Fsp3) is 0.346. The molecule has 2 heterocycles. The van der Waals surface area contributed by atoms with Gasteiger partial charge >= 0.3 is 5.97 Å². The lowest BCUT2D eigenvalue weighted by Gasteiger charge is -2.27. The Labute approximate surface area is 205 Å². The van der Waals surface area contributed by atoms with Crippen molar-refractivity contribution in [2.24, 2.45) is 4.99 Å². The van der Waals surface area contributed by atoms with Gasteiger partial charge in [0.1, 0.15) is 17.2 Å². The molecule has 1 N–H and O–H groups in total. The third-order valence-electron chi connectivity index (χ3n) is 6.65. The van der Waals surface area contributed by atoms with E-state index in [9.17, 15) is 19.1 Å². The number of nitrogens with zero attached hydrogens (tertiary/aromatic N) is 3. The zero-order valence-corrected chi connectivity index (χ0v) is 19.6. The first kappa shape index (κ1) is 23.5. The molecule has 5 rings (SSSR count). The molecule has 0 amide bonds. The lowest BCUT2D eigenvalue weighted by Crippen LogP contribution is -2.31. The standard InChI is InChI=1S/C26H24ClF2N3O3/c27-22-23-18(25(33)19(26(34)35)14-32(23)17-8-9-17)11-21(29)24(22)31-10-4-3-6-16(13-31)30-12-15-5-1-2-7-20(15)28/h1-2,5,7,11-12,14,16-17H,3-4,6,8-10,13H2,(H,34,35)/t16-/m1/s1. The zero-order valence-electron chi connectivity index (χ0n) is 18.9. The third-order valence-corrected chi connectivity index (χ3v) is 7.00. The Morgan fingerprint density at radius 3 is 2.63 bits per heavy atom. The summed E-state index contributed by atoms with van der Waals surface area (Å²) in [5.41, 5.74) is -0.217. The average molecular weight is 500 g/mol. The van der Waals surface area contributed by atoms with Crippen LogP contribution in [0.5, 0.6) is 0 Å². The molecule has 0 bridgehead atoms. The van der Waals surface area contributed by atoms with Gasteiger partial charge in [-0.15, -0.1) is 0 Å². The second-order valence-electron chi connectivity index (χ2n) is 9.13. The molecule has 1 aliphatic carbocycles. The van der Waals surface area contributed by atoms with E-state index in [0.29, 0.717) is 24.2 Å². The molecule has 1 saturated heterocycles. The molecule has 2 fully saturated rings. The Bertz CT molecular complexity index is 1400. The molecular formula is C26H24ClF2N3O3. The summed E-state index contributed by atoms with van der Waals surface area (Å²) in [4.78, 5) is 30.9. The van der Waals surface area contributed by atoms with Gasteiger partial charge in [-0.3, -0.25) is 9.79 Å². The van der Waals surface area contributed by atoms with Gasteiger partial charge in [-0.1, -0.05) is 29.8 Å². The summed E-state index contributed by atoms with van der Waals surface area (Å²) in [5.74, 6) is -2.39. The largest absolute Gasteiger partial charge is 0.477 e. The molecule has 0 radical (unpaired) electrons. The maximum Gasteiger partial charge on any atom is 0.341 e. The third kappa shape index (κ3) is 4.55. The molecule has 1 atom stereocenters. The maximum atomic E-state index is 15.5. The number of aromatic carboxylic acids is 1. The number of carboxylic acid groups (broad SMARTS) is 1. The van der Waals surface area contributed by atoms with E-state index in [-0.39, 0.29) is 34.0 Å². The number of halogens is 3. The molecular weight excluding hydrogens is 476 g/mol. The van der Waals surface area contributed by atoms with E-state index < -0.39 is 22.8 Å². The number of carboxylic acids is 1. The maximum absolute atomic E-state index is 15.5. The van der Waals surface area contributed by atoms with E-state index in [2.05, 4.69) is 4.99 Å². The van der Waals surface area contributed by atoms with Crippen molar-refractivity contribution in [3.63, 3.8) is 0 Å². The second kappa shape index (κ2) is 9.41.